The molecule has 2 heterocycles. The predicted molar refractivity (Wildman–Crippen MR) is 114 cm³/mol. The van der Waals surface area contributed by atoms with E-state index >= 15 is 0 Å². The van der Waals surface area contributed by atoms with E-state index in [0.717, 1.165) is 28.1 Å². The Hall–Kier alpha value is -3.28. The number of nitrogens with one attached hydrogen (secondary N) is 1. The van der Waals surface area contributed by atoms with Crippen LogP contribution in [0.3, 0.4) is 0 Å². The van der Waals surface area contributed by atoms with Crippen molar-refractivity contribution in [3.8, 4) is 17.2 Å². The maximum absolute atomic E-state index is 13.3. The summed E-state index contributed by atoms with van der Waals surface area (Å²) >= 11 is 0. The number of hydrogen-bond acceptors (Lipinski definition) is 5. The van der Waals surface area contributed by atoms with Crippen molar-refractivity contribution >= 4 is 11.7 Å². The Morgan fingerprint density at radius 2 is 1.68 bits per heavy atom. The van der Waals surface area contributed by atoms with Crippen LogP contribution in [0.25, 0.3) is 0 Å². The first-order chi connectivity index (χ1) is 15.0. The molecular formula is C25H25NO5. The van der Waals surface area contributed by atoms with Crippen LogP contribution in [0.1, 0.15) is 56.1 Å². The number of ketones is 1. The molecule has 0 bridgehead atoms. The van der Waals surface area contributed by atoms with E-state index in [1.54, 1.807) is 0 Å². The minimum atomic E-state index is -0.256. The van der Waals surface area contributed by atoms with Gasteiger partial charge >= 0.3 is 0 Å². The van der Waals surface area contributed by atoms with Crippen LogP contribution in [-0.2, 0) is 9.59 Å². The van der Waals surface area contributed by atoms with Crippen LogP contribution in [0.15, 0.2) is 53.7 Å². The molecule has 0 spiro atoms. The molecule has 3 aliphatic rings. The first kappa shape index (κ1) is 19.7. The number of hydrogen-bond donors (Lipinski definition) is 1. The van der Waals surface area contributed by atoms with Gasteiger partial charge in [-0.2, -0.15) is 0 Å². The molecule has 6 heteroatoms. The van der Waals surface area contributed by atoms with Crippen molar-refractivity contribution in [2.75, 3.05) is 6.79 Å². The molecule has 2 aromatic carbocycles. The Bertz CT molecular complexity index is 1070. The van der Waals surface area contributed by atoms with Crippen LogP contribution in [0.5, 0.6) is 17.2 Å². The van der Waals surface area contributed by atoms with Crippen molar-refractivity contribution in [1.29, 1.82) is 0 Å². The SMILES string of the molecule is CC(C)Oc1ccc([C@H]2CC(=O)C3=C(C2)NC(=O)C[C@@H]3c2ccc3c(c2)OCO3)cc1. The second-order valence-corrected chi connectivity index (χ2v) is 8.57. The van der Waals surface area contributed by atoms with E-state index in [0.29, 0.717) is 24.3 Å². The molecule has 1 aliphatic carbocycles. The lowest BCUT2D eigenvalue weighted by atomic mass is 9.73. The third-order valence-electron chi connectivity index (χ3n) is 6.06. The largest absolute Gasteiger partial charge is 0.491 e. The van der Waals surface area contributed by atoms with Gasteiger partial charge in [-0.15, -0.1) is 0 Å². The molecule has 2 aliphatic heterocycles. The number of allylic oxidation sites excluding steroid dienone is 2. The third kappa shape index (κ3) is 3.78. The second-order valence-electron chi connectivity index (χ2n) is 8.57. The van der Waals surface area contributed by atoms with Crippen molar-refractivity contribution in [3.05, 3.63) is 64.9 Å². The summed E-state index contributed by atoms with van der Waals surface area (Å²) in [5, 5.41) is 2.98. The molecule has 0 saturated heterocycles. The van der Waals surface area contributed by atoms with Crippen LogP contribution < -0.4 is 19.5 Å². The zero-order chi connectivity index (χ0) is 21.5. The first-order valence-corrected chi connectivity index (χ1v) is 10.7. The fourth-order valence-electron chi connectivity index (χ4n) is 4.70. The molecule has 2 aromatic rings. The average molecular weight is 419 g/mol. The Labute approximate surface area is 181 Å². The Morgan fingerprint density at radius 3 is 2.45 bits per heavy atom. The summed E-state index contributed by atoms with van der Waals surface area (Å²) in [4.78, 5) is 25.8. The molecule has 0 saturated carbocycles. The highest BCUT2D eigenvalue weighted by Gasteiger charge is 2.38. The normalized spacial score (nSPS) is 22.4. The van der Waals surface area contributed by atoms with Gasteiger partial charge < -0.3 is 19.5 Å². The smallest absolute Gasteiger partial charge is 0.231 e. The number of amides is 1. The number of ether oxygens (including phenoxy) is 3. The maximum atomic E-state index is 13.3. The van der Waals surface area contributed by atoms with Crippen LogP contribution in [0.4, 0.5) is 0 Å². The third-order valence-corrected chi connectivity index (χ3v) is 6.06. The fourth-order valence-corrected chi connectivity index (χ4v) is 4.70. The van der Waals surface area contributed by atoms with Crippen LogP contribution in [0, 0.1) is 0 Å². The number of carbonyl (C=O) groups excluding carboxylic acids is 2. The zero-order valence-corrected chi connectivity index (χ0v) is 17.6. The summed E-state index contributed by atoms with van der Waals surface area (Å²) in [5.74, 6) is 1.99. The molecule has 0 unspecified atom stereocenters. The summed E-state index contributed by atoms with van der Waals surface area (Å²) in [6, 6.07) is 13.6. The number of Topliss-reactive ketones (excluding diaryl/α,β-unsaturated/α-hetero) is 1. The molecule has 160 valence electrons. The first-order valence-electron chi connectivity index (χ1n) is 10.7. The van der Waals surface area contributed by atoms with Crippen molar-refractivity contribution in [1.82, 2.24) is 5.32 Å². The van der Waals surface area contributed by atoms with Crippen LogP contribution >= 0.6 is 0 Å². The molecule has 6 nitrogen and oxygen atoms in total. The minimum absolute atomic E-state index is 0.0372. The molecule has 5 rings (SSSR count). The number of carbonyl (C=O) groups is 2. The van der Waals surface area contributed by atoms with Gasteiger partial charge in [-0.25, -0.2) is 0 Å². The molecule has 0 radical (unpaired) electrons. The standard InChI is InChI=1S/C25H25NO5/c1-14(2)31-18-6-3-15(4-7-18)17-9-20-25(21(27)10-17)19(12-24(28)26-20)16-5-8-22-23(11-16)30-13-29-22/h3-8,11,14,17,19H,9-10,12-13H2,1-2H3,(H,26,28)/t17-,19-/m1/s1. The van der Waals surface area contributed by atoms with Gasteiger partial charge in [-0.05, 0) is 61.6 Å². The molecule has 1 N–H and O–H groups in total. The highest BCUT2D eigenvalue weighted by Crippen LogP contribution is 2.44. The number of fused-ring (bicyclic) bond motifs is 1. The van der Waals surface area contributed by atoms with Crippen LogP contribution in [-0.4, -0.2) is 24.6 Å². The average Bonchev–Trinajstić information content (AvgIpc) is 3.20. The highest BCUT2D eigenvalue weighted by atomic mass is 16.7. The number of rotatable bonds is 4. The zero-order valence-electron chi connectivity index (χ0n) is 17.6. The Morgan fingerprint density at radius 1 is 0.935 bits per heavy atom. The van der Waals surface area contributed by atoms with Gasteiger partial charge in [0.25, 0.3) is 0 Å². The summed E-state index contributed by atoms with van der Waals surface area (Å²) < 4.78 is 16.6. The van der Waals surface area contributed by atoms with Crippen molar-refractivity contribution < 1.29 is 23.8 Å². The van der Waals surface area contributed by atoms with Gasteiger partial charge in [-0.1, -0.05) is 18.2 Å². The highest BCUT2D eigenvalue weighted by molar-refractivity contribution is 6.02. The Kier molecular flexibility index (Phi) is 4.93. The van der Waals surface area contributed by atoms with E-state index < -0.39 is 0 Å². The van der Waals surface area contributed by atoms with E-state index in [4.69, 9.17) is 14.2 Å². The van der Waals surface area contributed by atoms with Gasteiger partial charge in [-0.3, -0.25) is 9.59 Å². The van der Waals surface area contributed by atoms with E-state index in [9.17, 15) is 9.59 Å². The van der Waals surface area contributed by atoms with E-state index in [-0.39, 0.29) is 42.8 Å². The van der Waals surface area contributed by atoms with Gasteiger partial charge in [0.2, 0.25) is 12.7 Å². The molecular weight excluding hydrogens is 394 g/mol. The van der Waals surface area contributed by atoms with Gasteiger partial charge in [0.05, 0.1) is 6.10 Å². The van der Waals surface area contributed by atoms with E-state index in [1.165, 1.54) is 0 Å². The molecule has 2 atom stereocenters. The lowest BCUT2D eigenvalue weighted by Gasteiger charge is -2.34. The Balaban J connectivity index is 1.43. The molecule has 0 fully saturated rings. The van der Waals surface area contributed by atoms with E-state index in [2.05, 4.69) is 5.32 Å². The molecule has 31 heavy (non-hydrogen) atoms. The molecule has 1 amide bonds. The predicted octanol–water partition coefficient (Wildman–Crippen LogP) is 4.21. The number of benzene rings is 2. The minimum Gasteiger partial charge on any atom is -0.491 e. The summed E-state index contributed by atoms with van der Waals surface area (Å²) in [7, 11) is 0. The van der Waals surface area contributed by atoms with Crippen molar-refractivity contribution in [2.45, 2.75) is 51.0 Å². The topological polar surface area (TPSA) is 73.9 Å². The quantitative estimate of drug-likeness (QED) is 0.804. The van der Waals surface area contributed by atoms with Gasteiger partial charge in [0, 0.05) is 30.0 Å². The maximum Gasteiger partial charge on any atom is 0.231 e. The summed E-state index contributed by atoms with van der Waals surface area (Å²) in [6.07, 6.45) is 1.44. The summed E-state index contributed by atoms with van der Waals surface area (Å²) in [6.45, 7) is 4.17. The fraction of sp³-hybridized carbons (Fsp3) is 0.360. The summed E-state index contributed by atoms with van der Waals surface area (Å²) in [5.41, 5.74) is 3.47. The van der Waals surface area contributed by atoms with Gasteiger partial charge in [0.1, 0.15) is 5.75 Å². The monoisotopic (exact) mass is 419 g/mol. The van der Waals surface area contributed by atoms with Crippen LogP contribution in [0.2, 0.25) is 0 Å². The van der Waals surface area contributed by atoms with Gasteiger partial charge in [0.15, 0.2) is 17.3 Å². The lowest BCUT2D eigenvalue weighted by molar-refractivity contribution is -0.122. The lowest BCUT2D eigenvalue weighted by Crippen LogP contribution is -2.38. The van der Waals surface area contributed by atoms with E-state index in [1.807, 2.05) is 56.3 Å². The molecule has 0 aromatic heterocycles. The van der Waals surface area contributed by atoms with Crippen molar-refractivity contribution in [2.24, 2.45) is 0 Å². The van der Waals surface area contributed by atoms with Crippen molar-refractivity contribution in [3.63, 3.8) is 0 Å². The second kappa shape index (κ2) is 7.76.